The van der Waals surface area contributed by atoms with Gasteiger partial charge in [0.05, 0.1) is 11.3 Å². The molecule has 0 fully saturated rings. The van der Waals surface area contributed by atoms with Crippen LogP contribution in [0.15, 0.2) is 57.7 Å². The van der Waals surface area contributed by atoms with Crippen molar-refractivity contribution in [3.05, 3.63) is 64.5 Å². The number of para-hydroxylation sites is 1. The summed E-state index contributed by atoms with van der Waals surface area (Å²) in [5, 5.41) is 9.64. The predicted molar refractivity (Wildman–Crippen MR) is 90.9 cm³/mol. The Hall–Kier alpha value is -2.67. The fourth-order valence-electron chi connectivity index (χ4n) is 1.92. The van der Waals surface area contributed by atoms with E-state index in [1.54, 1.807) is 25.1 Å². The van der Waals surface area contributed by atoms with Crippen LogP contribution < -0.4 is 10.6 Å². The summed E-state index contributed by atoms with van der Waals surface area (Å²) in [4.78, 5) is 16.4. The SMILES string of the molecule is Cc1cc(Nc2ccc(C(=O)Nc3ccccc3Br)cn2)no1. The fraction of sp³-hybridized carbons (Fsp3) is 0.0625. The molecule has 1 aromatic carbocycles. The molecule has 3 aromatic rings. The summed E-state index contributed by atoms with van der Waals surface area (Å²) in [6, 6.07) is 12.6. The molecule has 116 valence electrons. The van der Waals surface area contributed by atoms with Crippen molar-refractivity contribution in [1.82, 2.24) is 10.1 Å². The molecular formula is C16H13BrN4O2. The first kappa shape index (κ1) is 15.2. The molecule has 0 unspecified atom stereocenters. The van der Waals surface area contributed by atoms with Crippen LogP contribution in [-0.4, -0.2) is 16.0 Å². The molecular weight excluding hydrogens is 360 g/mol. The number of pyridine rings is 1. The number of amides is 1. The molecule has 3 rings (SSSR count). The zero-order valence-corrected chi connectivity index (χ0v) is 13.8. The maximum absolute atomic E-state index is 12.2. The van der Waals surface area contributed by atoms with Crippen molar-refractivity contribution in [3.8, 4) is 0 Å². The van der Waals surface area contributed by atoms with Gasteiger partial charge in [0.1, 0.15) is 11.6 Å². The van der Waals surface area contributed by atoms with Crippen LogP contribution in [0.4, 0.5) is 17.3 Å². The Labute approximate surface area is 141 Å². The molecule has 0 aliphatic rings. The molecule has 6 nitrogen and oxygen atoms in total. The van der Waals surface area contributed by atoms with Crippen molar-refractivity contribution in [2.24, 2.45) is 0 Å². The second-order valence-electron chi connectivity index (χ2n) is 4.81. The minimum atomic E-state index is -0.228. The average Bonchev–Trinajstić information content (AvgIpc) is 2.95. The molecule has 7 heteroatoms. The van der Waals surface area contributed by atoms with Crippen molar-refractivity contribution >= 4 is 39.2 Å². The van der Waals surface area contributed by atoms with E-state index >= 15 is 0 Å². The lowest BCUT2D eigenvalue weighted by atomic mass is 10.2. The molecule has 0 saturated heterocycles. The number of anilines is 3. The van der Waals surface area contributed by atoms with Gasteiger partial charge in [0.15, 0.2) is 5.82 Å². The zero-order chi connectivity index (χ0) is 16.2. The molecule has 0 spiro atoms. The normalized spacial score (nSPS) is 10.3. The molecule has 2 aromatic heterocycles. The second kappa shape index (κ2) is 6.62. The number of nitrogens with zero attached hydrogens (tertiary/aromatic N) is 2. The third kappa shape index (κ3) is 3.75. The smallest absolute Gasteiger partial charge is 0.257 e. The predicted octanol–water partition coefficient (Wildman–Crippen LogP) is 4.14. The maximum Gasteiger partial charge on any atom is 0.257 e. The van der Waals surface area contributed by atoms with Crippen LogP contribution in [0, 0.1) is 6.92 Å². The summed E-state index contributed by atoms with van der Waals surface area (Å²) >= 11 is 3.39. The summed E-state index contributed by atoms with van der Waals surface area (Å²) in [7, 11) is 0. The average molecular weight is 373 g/mol. The van der Waals surface area contributed by atoms with Crippen LogP contribution in [0.3, 0.4) is 0 Å². The molecule has 1 amide bonds. The van der Waals surface area contributed by atoms with Crippen LogP contribution in [0.2, 0.25) is 0 Å². The lowest BCUT2D eigenvalue weighted by Crippen LogP contribution is -2.12. The van der Waals surface area contributed by atoms with Gasteiger partial charge in [-0.1, -0.05) is 17.3 Å². The first-order valence-electron chi connectivity index (χ1n) is 6.84. The highest BCUT2D eigenvalue weighted by Crippen LogP contribution is 2.22. The number of aryl methyl sites for hydroxylation is 1. The highest BCUT2D eigenvalue weighted by molar-refractivity contribution is 9.10. The Morgan fingerprint density at radius 1 is 1.17 bits per heavy atom. The highest BCUT2D eigenvalue weighted by Gasteiger charge is 2.09. The summed E-state index contributed by atoms with van der Waals surface area (Å²) < 4.78 is 5.79. The number of hydrogen-bond acceptors (Lipinski definition) is 5. The third-order valence-electron chi connectivity index (χ3n) is 3.03. The minimum Gasteiger partial charge on any atom is -0.360 e. The van der Waals surface area contributed by atoms with E-state index in [9.17, 15) is 4.79 Å². The standard InChI is InChI=1S/C16H13BrN4O2/c1-10-8-15(21-23-10)20-14-7-6-11(9-18-14)16(22)19-13-5-3-2-4-12(13)17/h2-9H,1H3,(H,19,22)(H,18,20,21). The lowest BCUT2D eigenvalue weighted by molar-refractivity contribution is 0.102. The van der Waals surface area contributed by atoms with Gasteiger partial charge in [-0.15, -0.1) is 0 Å². The van der Waals surface area contributed by atoms with Gasteiger partial charge in [0.25, 0.3) is 5.91 Å². The Morgan fingerprint density at radius 2 is 2.00 bits per heavy atom. The van der Waals surface area contributed by atoms with Crippen molar-refractivity contribution < 1.29 is 9.32 Å². The van der Waals surface area contributed by atoms with Gasteiger partial charge in [-0.25, -0.2) is 4.98 Å². The number of carbonyl (C=O) groups is 1. The number of hydrogen-bond donors (Lipinski definition) is 2. The van der Waals surface area contributed by atoms with Crippen molar-refractivity contribution in [2.45, 2.75) is 6.92 Å². The Balaban J connectivity index is 1.69. The van der Waals surface area contributed by atoms with Gasteiger partial charge in [0.2, 0.25) is 0 Å². The number of benzene rings is 1. The second-order valence-corrected chi connectivity index (χ2v) is 5.67. The van der Waals surface area contributed by atoms with Crippen LogP contribution in [-0.2, 0) is 0 Å². The Kier molecular flexibility index (Phi) is 4.38. The highest BCUT2D eigenvalue weighted by atomic mass is 79.9. The van der Waals surface area contributed by atoms with Gasteiger partial charge in [-0.05, 0) is 47.1 Å². The zero-order valence-electron chi connectivity index (χ0n) is 12.2. The third-order valence-corrected chi connectivity index (χ3v) is 3.72. The number of halogens is 1. The molecule has 0 bridgehead atoms. The Bertz CT molecular complexity index is 830. The van der Waals surface area contributed by atoms with E-state index in [4.69, 9.17) is 4.52 Å². The van der Waals surface area contributed by atoms with Gasteiger partial charge in [0, 0.05) is 16.7 Å². The topological polar surface area (TPSA) is 80.0 Å². The van der Waals surface area contributed by atoms with Gasteiger partial charge in [-0.3, -0.25) is 4.79 Å². The first-order valence-corrected chi connectivity index (χ1v) is 7.63. The largest absolute Gasteiger partial charge is 0.360 e. The molecule has 0 atom stereocenters. The molecule has 0 saturated carbocycles. The van der Waals surface area contributed by atoms with Gasteiger partial charge >= 0.3 is 0 Å². The molecule has 2 heterocycles. The lowest BCUT2D eigenvalue weighted by Gasteiger charge is -2.07. The summed E-state index contributed by atoms with van der Waals surface area (Å²) in [6.07, 6.45) is 1.50. The molecule has 0 radical (unpaired) electrons. The van der Waals surface area contributed by atoms with E-state index in [0.29, 0.717) is 28.6 Å². The first-order chi connectivity index (χ1) is 11.1. The van der Waals surface area contributed by atoms with Crippen LogP contribution in [0.5, 0.6) is 0 Å². The van der Waals surface area contributed by atoms with E-state index in [0.717, 1.165) is 4.47 Å². The van der Waals surface area contributed by atoms with E-state index in [1.807, 2.05) is 24.3 Å². The number of aromatic nitrogens is 2. The quantitative estimate of drug-likeness (QED) is 0.719. The van der Waals surface area contributed by atoms with E-state index in [2.05, 4.69) is 36.7 Å². The van der Waals surface area contributed by atoms with E-state index in [1.165, 1.54) is 6.20 Å². The monoisotopic (exact) mass is 372 g/mol. The molecule has 0 aliphatic carbocycles. The fourth-order valence-corrected chi connectivity index (χ4v) is 2.30. The van der Waals surface area contributed by atoms with Crippen molar-refractivity contribution in [2.75, 3.05) is 10.6 Å². The van der Waals surface area contributed by atoms with Gasteiger partial charge in [-0.2, -0.15) is 0 Å². The van der Waals surface area contributed by atoms with Crippen molar-refractivity contribution in [1.29, 1.82) is 0 Å². The van der Waals surface area contributed by atoms with Crippen LogP contribution in [0.25, 0.3) is 0 Å². The minimum absolute atomic E-state index is 0.228. The molecule has 0 aliphatic heterocycles. The molecule has 23 heavy (non-hydrogen) atoms. The van der Waals surface area contributed by atoms with Gasteiger partial charge < -0.3 is 15.2 Å². The number of carbonyl (C=O) groups excluding carboxylic acids is 1. The van der Waals surface area contributed by atoms with Crippen LogP contribution >= 0.6 is 15.9 Å². The number of nitrogens with one attached hydrogen (secondary N) is 2. The number of rotatable bonds is 4. The molecule has 2 N–H and O–H groups in total. The summed E-state index contributed by atoms with van der Waals surface area (Å²) in [5.41, 5.74) is 1.17. The summed E-state index contributed by atoms with van der Waals surface area (Å²) in [6.45, 7) is 1.81. The van der Waals surface area contributed by atoms with E-state index < -0.39 is 0 Å². The maximum atomic E-state index is 12.2. The Morgan fingerprint density at radius 3 is 2.65 bits per heavy atom. The summed E-state index contributed by atoms with van der Waals surface area (Å²) in [5.74, 6) is 1.63. The van der Waals surface area contributed by atoms with Crippen LogP contribution in [0.1, 0.15) is 16.1 Å². The van der Waals surface area contributed by atoms with E-state index in [-0.39, 0.29) is 5.91 Å². The van der Waals surface area contributed by atoms with Crippen molar-refractivity contribution in [3.63, 3.8) is 0 Å².